The van der Waals surface area contributed by atoms with Gasteiger partial charge >= 0.3 is 0 Å². The maximum atomic E-state index is 4.34. The molecule has 1 aromatic heterocycles. The zero-order valence-electron chi connectivity index (χ0n) is 7.70. The van der Waals surface area contributed by atoms with E-state index in [4.69, 9.17) is 0 Å². The number of aromatic nitrogens is 2. The molecule has 0 radical (unpaired) electrons. The van der Waals surface area contributed by atoms with Crippen molar-refractivity contribution in [3.8, 4) is 0 Å². The molecule has 0 aromatic carbocycles. The Kier molecular flexibility index (Phi) is 1.89. The molecule has 2 rings (SSSR count). The minimum absolute atomic E-state index is 0.485. The van der Waals surface area contributed by atoms with Gasteiger partial charge in [0, 0.05) is 32.5 Å². The molecule has 3 heteroatoms. The largest absolute Gasteiger partial charge is 0.337 e. The molecule has 1 fully saturated rings. The fraction of sp³-hybridized carbons (Fsp3) is 0.667. The van der Waals surface area contributed by atoms with Crippen molar-refractivity contribution in [1.29, 1.82) is 0 Å². The Morgan fingerprint density at radius 3 is 2.67 bits per heavy atom. The van der Waals surface area contributed by atoms with Gasteiger partial charge in [-0.1, -0.05) is 0 Å². The average molecular weight is 165 g/mol. The van der Waals surface area contributed by atoms with Gasteiger partial charge in [0.05, 0.1) is 6.04 Å². The molecule has 1 aromatic rings. The second-order valence-electron chi connectivity index (χ2n) is 3.46. The first-order valence-electron chi connectivity index (χ1n) is 4.50. The second kappa shape index (κ2) is 2.90. The van der Waals surface area contributed by atoms with E-state index in [0.717, 1.165) is 0 Å². The standard InChI is InChI=1S/C9H15N3/c1-8(12-5-3-6-12)9-10-4-7-11(9)2/h4,7-8H,3,5-6H2,1-2H3. The van der Waals surface area contributed by atoms with Crippen LogP contribution in [0, 0.1) is 0 Å². The molecule has 0 saturated carbocycles. The topological polar surface area (TPSA) is 21.1 Å². The maximum absolute atomic E-state index is 4.34. The molecular weight excluding hydrogens is 150 g/mol. The Balaban J connectivity index is 2.13. The van der Waals surface area contributed by atoms with E-state index < -0.39 is 0 Å². The summed E-state index contributed by atoms with van der Waals surface area (Å²) >= 11 is 0. The number of rotatable bonds is 2. The van der Waals surface area contributed by atoms with Crippen LogP contribution in [0.3, 0.4) is 0 Å². The van der Waals surface area contributed by atoms with Crippen molar-refractivity contribution >= 4 is 0 Å². The van der Waals surface area contributed by atoms with Crippen LogP contribution in [-0.4, -0.2) is 27.5 Å². The van der Waals surface area contributed by atoms with Gasteiger partial charge in [0.1, 0.15) is 5.82 Å². The predicted molar refractivity (Wildman–Crippen MR) is 47.8 cm³/mol. The number of likely N-dealkylation sites (tertiary alicyclic amines) is 1. The van der Waals surface area contributed by atoms with Gasteiger partial charge < -0.3 is 4.57 Å². The summed E-state index contributed by atoms with van der Waals surface area (Å²) in [4.78, 5) is 6.79. The van der Waals surface area contributed by atoms with Gasteiger partial charge in [-0.2, -0.15) is 0 Å². The highest BCUT2D eigenvalue weighted by atomic mass is 15.2. The molecule has 1 atom stereocenters. The van der Waals surface area contributed by atoms with Crippen molar-refractivity contribution in [2.45, 2.75) is 19.4 Å². The van der Waals surface area contributed by atoms with Crippen LogP contribution in [-0.2, 0) is 7.05 Å². The Bertz CT molecular complexity index is 262. The third-order valence-electron chi connectivity index (χ3n) is 2.67. The van der Waals surface area contributed by atoms with Crippen LogP contribution in [0.25, 0.3) is 0 Å². The first-order chi connectivity index (χ1) is 5.79. The molecule has 1 aliphatic rings. The third kappa shape index (κ3) is 1.14. The highest BCUT2D eigenvalue weighted by molar-refractivity contribution is 4.99. The highest BCUT2D eigenvalue weighted by Crippen LogP contribution is 2.22. The van der Waals surface area contributed by atoms with E-state index in [0.29, 0.717) is 6.04 Å². The minimum Gasteiger partial charge on any atom is -0.337 e. The number of aryl methyl sites for hydroxylation is 1. The molecule has 0 aliphatic carbocycles. The molecule has 2 heterocycles. The molecular formula is C9H15N3. The summed E-state index contributed by atoms with van der Waals surface area (Å²) in [6.07, 6.45) is 5.21. The van der Waals surface area contributed by atoms with Crippen LogP contribution in [0.4, 0.5) is 0 Å². The quantitative estimate of drug-likeness (QED) is 0.656. The molecule has 1 aliphatic heterocycles. The highest BCUT2D eigenvalue weighted by Gasteiger charge is 2.23. The summed E-state index contributed by atoms with van der Waals surface area (Å²) in [6.45, 7) is 4.68. The molecule has 0 N–H and O–H groups in total. The zero-order valence-corrected chi connectivity index (χ0v) is 7.70. The van der Waals surface area contributed by atoms with Crippen molar-refractivity contribution in [3.63, 3.8) is 0 Å². The van der Waals surface area contributed by atoms with E-state index in [1.165, 1.54) is 25.3 Å². The van der Waals surface area contributed by atoms with Gasteiger partial charge in [0.25, 0.3) is 0 Å². The van der Waals surface area contributed by atoms with Gasteiger partial charge in [0.15, 0.2) is 0 Å². The smallest absolute Gasteiger partial charge is 0.125 e. The summed E-state index contributed by atoms with van der Waals surface area (Å²) in [5, 5.41) is 0. The molecule has 66 valence electrons. The Morgan fingerprint density at radius 1 is 1.50 bits per heavy atom. The fourth-order valence-corrected chi connectivity index (χ4v) is 1.67. The van der Waals surface area contributed by atoms with Crippen LogP contribution in [0.2, 0.25) is 0 Å². The van der Waals surface area contributed by atoms with E-state index in [-0.39, 0.29) is 0 Å². The Labute approximate surface area is 73.0 Å². The summed E-state index contributed by atoms with van der Waals surface area (Å²) in [7, 11) is 2.05. The Morgan fingerprint density at radius 2 is 2.25 bits per heavy atom. The molecule has 12 heavy (non-hydrogen) atoms. The number of imidazole rings is 1. The number of hydrogen-bond acceptors (Lipinski definition) is 2. The van der Waals surface area contributed by atoms with Gasteiger partial charge in [-0.25, -0.2) is 4.98 Å². The van der Waals surface area contributed by atoms with E-state index in [9.17, 15) is 0 Å². The van der Waals surface area contributed by atoms with Crippen LogP contribution >= 0.6 is 0 Å². The Hall–Kier alpha value is -0.830. The molecule has 3 nitrogen and oxygen atoms in total. The summed E-state index contributed by atoms with van der Waals surface area (Å²) in [5.74, 6) is 1.18. The summed E-state index contributed by atoms with van der Waals surface area (Å²) in [6, 6.07) is 0.485. The van der Waals surface area contributed by atoms with E-state index in [1.807, 2.05) is 12.4 Å². The van der Waals surface area contributed by atoms with Gasteiger partial charge in [0.2, 0.25) is 0 Å². The van der Waals surface area contributed by atoms with Crippen molar-refractivity contribution in [3.05, 3.63) is 18.2 Å². The third-order valence-corrected chi connectivity index (χ3v) is 2.67. The summed E-state index contributed by atoms with van der Waals surface area (Å²) in [5.41, 5.74) is 0. The number of hydrogen-bond donors (Lipinski definition) is 0. The van der Waals surface area contributed by atoms with Gasteiger partial charge in [-0.05, 0) is 13.3 Å². The minimum atomic E-state index is 0.485. The van der Waals surface area contributed by atoms with Gasteiger partial charge in [-0.3, -0.25) is 4.90 Å². The van der Waals surface area contributed by atoms with Crippen LogP contribution in [0.15, 0.2) is 12.4 Å². The SMILES string of the molecule is CC(c1nccn1C)N1CCC1. The van der Waals surface area contributed by atoms with E-state index >= 15 is 0 Å². The molecule has 0 amide bonds. The molecule has 0 spiro atoms. The molecule has 1 saturated heterocycles. The normalized spacial score (nSPS) is 20.5. The van der Waals surface area contributed by atoms with Crippen LogP contribution in [0.1, 0.15) is 25.2 Å². The zero-order chi connectivity index (χ0) is 8.55. The lowest BCUT2D eigenvalue weighted by Gasteiger charge is -2.35. The fourth-order valence-electron chi connectivity index (χ4n) is 1.67. The van der Waals surface area contributed by atoms with Crippen molar-refractivity contribution in [2.75, 3.05) is 13.1 Å². The lowest BCUT2D eigenvalue weighted by Crippen LogP contribution is -2.39. The first-order valence-corrected chi connectivity index (χ1v) is 4.50. The number of nitrogens with zero attached hydrogens (tertiary/aromatic N) is 3. The second-order valence-corrected chi connectivity index (χ2v) is 3.46. The van der Waals surface area contributed by atoms with Crippen molar-refractivity contribution in [1.82, 2.24) is 14.5 Å². The lowest BCUT2D eigenvalue weighted by atomic mass is 10.1. The van der Waals surface area contributed by atoms with Crippen molar-refractivity contribution < 1.29 is 0 Å². The molecule has 1 unspecified atom stereocenters. The predicted octanol–water partition coefficient (Wildman–Crippen LogP) is 1.19. The average Bonchev–Trinajstić information content (AvgIpc) is 2.31. The van der Waals surface area contributed by atoms with Gasteiger partial charge in [-0.15, -0.1) is 0 Å². The molecule has 0 bridgehead atoms. The van der Waals surface area contributed by atoms with Crippen LogP contribution < -0.4 is 0 Å². The first kappa shape index (κ1) is 7.80. The maximum Gasteiger partial charge on any atom is 0.125 e. The summed E-state index contributed by atoms with van der Waals surface area (Å²) < 4.78 is 2.10. The van der Waals surface area contributed by atoms with E-state index in [1.54, 1.807) is 0 Å². The van der Waals surface area contributed by atoms with Crippen molar-refractivity contribution in [2.24, 2.45) is 7.05 Å². The lowest BCUT2D eigenvalue weighted by molar-refractivity contribution is 0.121. The monoisotopic (exact) mass is 165 g/mol. The van der Waals surface area contributed by atoms with E-state index in [2.05, 4.69) is 28.4 Å². The van der Waals surface area contributed by atoms with Crippen LogP contribution in [0.5, 0.6) is 0 Å².